The molecule has 2 heterocycles. The summed E-state index contributed by atoms with van der Waals surface area (Å²) < 4.78 is 8.44. The highest BCUT2D eigenvalue weighted by molar-refractivity contribution is 7.98. The Morgan fingerprint density at radius 1 is 1.16 bits per heavy atom. The molecule has 2 aromatic carbocycles. The molecule has 4 rings (SSSR count). The number of hydrogen-bond acceptors (Lipinski definition) is 5. The third-order valence-electron chi connectivity index (χ3n) is 5.26. The van der Waals surface area contributed by atoms with E-state index in [-0.39, 0.29) is 18.0 Å². The summed E-state index contributed by atoms with van der Waals surface area (Å²) in [4.78, 5) is 26.6. The Morgan fingerprint density at radius 3 is 2.65 bits per heavy atom. The fourth-order valence-electron chi connectivity index (χ4n) is 3.72. The summed E-state index contributed by atoms with van der Waals surface area (Å²) in [6.45, 7) is 2.19. The molecule has 0 saturated carbocycles. The lowest BCUT2D eigenvalue weighted by atomic mass is 10.1. The Labute approximate surface area is 184 Å². The molecule has 4 aromatic rings. The Balaban J connectivity index is 1.51. The number of aryl methyl sites for hydroxylation is 1. The Morgan fingerprint density at radius 2 is 1.94 bits per heavy atom. The molecule has 1 amide bonds. The second kappa shape index (κ2) is 8.85. The number of nitrogens with zero attached hydrogens (tertiary/aromatic N) is 3. The number of benzene rings is 2. The maximum atomic E-state index is 13.0. The predicted octanol–water partition coefficient (Wildman–Crippen LogP) is 3.05. The molecule has 0 radical (unpaired) electrons. The Bertz CT molecular complexity index is 1310. The van der Waals surface area contributed by atoms with E-state index in [2.05, 4.69) is 34.7 Å². The van der Waals surface area contributed by atoms with Crippen LogP contribution in [0.15, 0.2) is 58.2 Å². The van der Waals surface area contributed by atoms with Gasteiger partial charge in [0.05, 0.1) is 12.6 Å². The molecule has 2 aromatic heterocycles. The molecular weight excluding hydrogens is 412 g/mol. The molecule has 0 aliphatic heterocycles. The normalized spacial score (nSPS) is 11.2. The minimum Gasteiger partial charge on any atom is -0.496 e. The number of nitrogens with one attached hydrogen (secondary N) is 1. The maximum absolute atomic E-state index is 13.0. The molecule has 0 saturated heterocycles. The zero-order chi connectivity index (χ0) is 22.0. The topological polar surface area (TPSA) is 77.6 Å². The average molecular weight is 437 g/mol. The second-order valence-corrected chi connectivity index (χ2v) is 8.10. The van der Waals surface area contributed by atoms with Gasteiger partial charge < -0.3 is 10.1 Å². The molecule has 0 spiro atoms. The zero-order valence-corrected chi connectivity index (χ0v) is 18.5. The van der Waals surface area contributed by atoms with Crippen molar-refractivity contribution in [1.82, 2.24) is 19.5 Å². The van der Waals surface area contributed by atoms with Crippen LogP contribution in [0.1, 0.15) is 11.4 Å². The lowest BCUT2D eigenvalue weighted by Crippen LogP contribution is -2.35. The summed E-state index contributed by atoms with van der Waals surface area (Å²) in [5.74, 6) is 1.07. The quantitative estimate of drug-likeness (QED) is 0.451. The summed E-state index contributed by atoms with van der Waals surface area (Å²) >= 11 is 1.70. The minimum atomic E-state index is -0.313. The first-order valence-corrected chi connectivity index (χ1v) is 11.2. The van der Waals surface area contributed by atoms with Crippen LogP contribution in [0, 0.1) is 6.92 Å². The van der Waals surface area contributed by atoms with Crippen molar-refractivity contribution < 1.29 is 9.53 Å². The molecule has 1 N–H and O–H groups in total. The highest BCUT2D eigenvalue weighted by Gasteiger charge is 2.15. The molecule has 7 nitrogen and oxygen atoms in total. The summed E-state index contributed by atoms with van der Waals surface area (Å²) in [5, 5.41) is 8.08. The van der Waals surface area contributed by atoms with Gasteiger partial charge in [-0.3, -0.25) is 14.0 Å². The lowest BCUT2D eigenvalue weighted by Gasteiger charge is -2.10. The van der Waals surface area contributed by atoms with E-state index in [0.717, 1.165) is 22.9 Å². The van der Waals surface area contributed by atoms with Crippen molar-refractivity contribution in [3.05, 3.63) is 70.3 Å². The molecule has 160 valence electrons. The summed E-state index contributed by atoms with van der Waals surface area (Å²) in [7, 11) is 1.60. The summed E-state index contributed by atoms with van der Waals surface area (Å²) in [5.41, 5.74) is 2.15. The first-order valence-electron chi connectivity index (χ1n) is 9.97. The number of aromatic nitrogens is 3. The molecule has 31 heavy (non-hydrogen) atoms. The van der Waals surface area contributed by atoms with E-state index in [1.807, 2.05) is 31.4 Å². The van der Waals surface area contributed by atoms with Gasteiger partial charge in [0.2, 0.25) is 5.91 Å². The van der Waals surface area contributed by atoms with E-state index in [1.165, 1.54) is 9.58 Å². The van der Waals surface area contributed by atoms with Gasteiger partial charge >= 0.3 is 0 Å². The minimum absolute atomic E-state index is 0.125. The fraction of sp³-hybridized carbons (Fsp3) is 0.261. The van der Waals surface area contributed by atoms with Crippen molar-refractivity contribution in [2.24, 2.45) is 0 Å². The molecular formula is C23H24N4O3S. The number of carbonyl (C=O) groups is 1. The highest BCUT2D eigenvalue weighted by Crippen LogP contribution is 2.28. The van der Waals surface area contributed by atoms with Gasteiger partial charge in [-0.2, -0.15) is 5.10 Å². The second-order valence-electron chi connectivity index (χ2n) is 7.22. The molecule has 8 heteroatoms. The van der Waals surface area contributed by atoms with Crippen molar-refractivity contribution in [2.45, 2.75) is 24.8 Å². The van der Waals surface area contributed by atoms with Gasteiger partial charge in [0, 0.05) is 16.8 Å². The van der Waals surface area contributed by atoms with Gasteiger partial charge in [-0.15, -0.1) is 11.8 Å². The van der Waals surface area contributed by atoms with E-state index < -0.39 is 0 Å². The number of rotatable bonds is 7. The van der Waals surface area contributed by atoms with Crippen molar-refractivity contribution in [2.75, 3.05) is 19.9 Å². The van der Waals surface area contributed by atoms with Crippen molar-refractivity contribution in [3.8, 4) is 5.75 Å². The maximum Gasteiger partial charge on any atom is 0.291 e. The number of ether oxygens (including phenoxy) is 1. The zero-order valence-electron chi connectivity index (χ0n) is 17.7. The molecule has 0 unspecified atom stereocenters. The number of fused-ring (bicyclic) bond motifs is 3. The van der Waals surface area contributed by atoms with Crippen LogP contribution in [0.3, 0.4) is 0 Å². The van der Waals surface area contributed by atoms with Crippen LogP contribution < -0.4 is 15.6 Å². The van der Waals surface area contributed by atoms with Gasteiger partial charge in [-0.05, 0) is 55.5 Å². The first kappa shape index (κ1) is 21.0. The van der Waals surface area contributed by atoms with E-state index >= 15 is 0 Å². The van der Waals surface area contributed by atoms with Crippen LogP contribution in [-0.2, 0) is 17.8 Å². The molecule has 0 aliphatic carbocycles. The number of carbonyl (C=O) groups excluding carboxylic acids is 1. The fourth-order valence-corrected chi connectivity index (χ4v) is 4.13. The Hall–Kier alpha value is -3.26. The molecule has 0 fully saturated rings. The SMILES string of the molecule is COc1cccc2c1cc1c(=O)n(CC(=O)NCCc3ccc(SC)cc3)nc(C)n12. The monoisotopic (exact) mass is 436 g/mol. The van der Waals surface area contributed by atoms with Crippen LogP contribution in [-0.4, -0.2) is 40.0 Å². The van der Waals surface area contributed by atoms with Gasteiger partial charge in [0.25, 0.3) is 5.56 Å². The average Bonchev–Trinajstić information content (AvgIpc) is 3.18. The van der Waals surface area contributed by atoms with Gasteiger partial charge in [0.15, 0.2) is 0 Å². The van der Waals surface area contributed by atoms with Crippen LogP contribution in [0.25, 0.3) is 16.4 Å². The van der Waals surface area contributed by atoms with E-state index in [1.54, 1.807) is 29.3 Å². The molecule has 0 aliphatic rings. The van der Waals surface area contributed by atoms with Gasteiger partial charge in [-0.25, -0.2) is 4.68 Å². The molecule has 0 atom stereocenters. The first-order chi connectivity index (χ1) is 15.0. The van der Waals surface area contributed by atoms with Crippen LogP contribution in [0.5, 0.6) is 5.75 Å². The van der Waals surface area contributed by atoms with Crippen LogP contribution in [0.4, 0.5) is 0 Å². The van der Waals surface area contributed by atoms with Crippen LogP contribution >= 0.6 is 11.8 Å². The van der Waals surface area contributed by atoms with E-state index in [9.17, 15) is 9.59 Å². The van der Waals surface area contributed by atoms with E-state index in [4.69, 9.17) is 4.74 Å². The summed E-state index contributed by atoms with van der Waals surface area (Å²) in [6.07, 6.45) is 2.77. The lowest BCUT2D eigenvalue weighted by molar-refractivity contribution is -0.121. The summed E-state index contributed by atoms with van der Waals surface area (Å²) in [6, 6.07) is 15.7. The predicted molar refractivity (Wildman–Crippen MR) is 123 cm³/mol. The number of amides is 1. The third-order valence-corrected chi connectivity index (χ3v) is 6.00. The van der Waals surface area contributed by atoms with Gasteiger partial charge in [-0.1, -0.05) is 18.2 Å². The number of hydrogen-bond donors (Lipinski definition) is 1. The van der Waals surface area contributed by atoms with Crippen molar-refractivity contribution in [3.63, 3.8) is 0 Å². The number of methoxy groups -OCH3 is 1. The largest absolute Gasteiger partial charge is 0.496 e. The van der Waals surface area contributed by atoms with Gasteiger partial charge in [0.1, 0.15) is 23.6 Å². The van der Waals surface area contributed by atoms with E-state index in [0.29, 0.717) is 23.6 Å². The smallest absolute Gasteiger partial charge is 0.291 e. The van der Waals surface area contributed by atoms with Crippen molar-refractivity contribution in [1.29, 1.82) is 0 Å². The third kappa shape index (κ3) is 4.16. The number of thioether (sulfide) groups is 1. The standard InChI is InChI=1S/C23H24N4O3S/c1-15-25-26(14-22(28)24-12-11-16-7-9-17(31-3)10-8-16)23(29)20-13-18-19(27(15)20)5-4-6-21(18)30-2/h4-10,13H,11-12,14H2,1-3H3,(H,24,28). The van der Waals surface area contributed by atoms with Crippen molar-refractivity contribution >= 4 is 34.1 Å². The Kier molecular flexibility index (Phi) is 5.99. The highest BCUT2D eigenvalue weighted by atomic mass is 32.2. The van der Waals surface area contributed by atoms with Crippen LogP contribution in [0.2, 0.25) is 0 Å². The molecule has 0 bridgehead atoms.